The van der Waals surface area contributed by atoms with Crippen molar-refractivity contribution in [1.82, 2.24) is 5.32 Å². The van der Waals surface area contributed by atoms with Crippen LogP contribution in [-0.4, -0.2) is 77.9 Å². The summed E-state index contributed by atoms with van der Waals surface area (Å²) in [6.07, 6.45) is 0.257. The Bertz CT molecular complexity index is 1220. The van der Waals surface area contributed by atoms with Gasteiger partial charge in [0.1, 0.15) is 23.9 Å². The first kappa shape index (κ1) is 28.2. The van der Waals surface area contributed by atoms with Gasteiger partial charge in [-0.2, -0.15) is 0 Å². The lowest BCUT2D eigenvalue weighted by Gasteiger charge is -2.36. The number of nitrogens with one attached hydrogen (secondary N) is 1. The van der Waals surface area contributed by atoms with Crippen LogP contribution in [0.2, 0.25) is 0 Å². The lowest BCUT2D eigenvalue weighted by Crippen LogP contribution is -2.49. The molecule has 40 heavy (non-hydrogen) atoms. The van der Waals surface area contributed by atoms with Crippen LogP contribution in [0.25, 0.3) is 0 Å². The highest BCUT2D eigenvalue weighted by molar-refractivity contribution is 5.61. The molecule has 0 saturated carbocycles. The van der Waals surface area contributed by atoms with Gasteiger partial charge in [-0.15, -0.1) is 0 Å². The van der Waals surface area contributed by atoms with Crippen LogP contribution < -0.4 is 24.6 Å². The van der Waals surface area contributed by atoms with Gasteiger partial charge in [0.05, 0.1) is 31.0 Å². The zero-order valence-electron chi connectivity index (χ0n) is 23.7. The molecular weight excluding hydrogens is 506 g/mol. The van der Waals surface area contributed by atoms with Crippen LogP contribution in [0.15, 0.2) is 66.7 Å². The number of hydrogen-bond donors (Lipinski definition) is 2. The Morgan fingerprint density at radius 1 is 1.00 bits per heavy atom. The minimum atomic E-state index is -0.544. The average Bonchev–Trinajstić information content (AvgIpc) is 2.97. The quantitative estimate of drug-likeness (QED) is 0.342. The minimum absolute atomic E-state index is 0.138. The Labute approximate surface area is 237 Å². The summed E-state index contributed by atoms with van der Waals surface area (Å²) in [7, 11) is 5.77. The molecule has 3 aromatic carbocycles. The summed E-state index contributed by atoms with van der Waals surface area (Å²) >= 11 is 0. The number of nitrogens with zero attached hydrogens (tertiary/aromatic N) is 2. The molecule has 0 bridgehead atoms. The predicted octanol–water partition coefficient (Wildman–Crippen LogP) is 4.41. The number of aliphatic hydroxyl groups is 1. The third-order valence-electron chi connectivity index (χ3n) is 7.59. The summed E-state index contributed by atoms with van der Waals surface area (Å²) in [5.41, 5.74) is 4.35. The van der Waals surface area contributed by atoms with E-state index in [1.165, 1.54) is 0 Å². The summed E-state index contributed by atoms with van der Waals surface area (Å²) in [5.74, 6) is 2.32. The molecule has 214 valence electrons. The Kier molecular flexibility index (Phi) is 9.44. The molecule has 2 aliphatic rings. The van der Waals surface area contributed by atoms with Gasteiger partial charge in [-0.05, 0) is 66.1 Å². The van der Waals surface area contributed by atoms with Gasteiger partial charge in [0.15, 0.2) is 0 Å². The number of methoxy groups -OCH3 is 1. The van der Waals surface area contributed by atoms with Gasteiger partial charge < -0.3 is 39.2 Å². The maximum atomic E-state index is 10.9. The lowest BCUT2D eigenvalue weighted by molar-refractivity contribution is -0.0328. The molecule has 0 aliphatic carbocycles. The standard InChI is InChI=1S/C32H41N3O5/c1-34(2)25-8-12-27(13-9-25)40-26-10-6-24(7-11-26)32-29(36)20-33-21-31(32)39-22-23-5-14-30-28(19-23)35(16-18-38-30)15-4-17-37-3/h5-14,19,29,31-33,36H,4,15-18,20-22H2,1-3H3. The van der Waals surface area contributed by atoms with Crippen molar-refractivity contribution in [3.05, 3.63) is 77.9 Å². The largest absolute Gasteiger partial charge is 0.490 e. The molecule has 3 unspecified atom stereocenters. The second kappa shape index (κ2) is 13.4. The second-order valence-electron chi connectivity index (χ2n) is 10.6. The second-order valence-corrected chi connectivity index (χ2v) is 10.6. The van der Waals surface area contributed by atoms with Crippen LogP contribution in [0.3, 0.4) is 0 Å². The molecule has 0 radical (unpaired) electrons. The fourth-order valence-corrected chi connectivity index (χ4v) is 5.42. The topological polar surface area (TPSA) is 75.7 Å². The smallest absolute Gasteiger partial charge is 0.142 e. The average molecular weight is 548 g/mol. The molecule has 5 rings (SSSR count). The van der Waals surface area contributed by atoms with Crippen molar-refractivity contribution in [2.75, 3.05) is 70.4 Å². The number of hydrogen-bond acceptors (Lipinski definition) is 8. The normalized spacial score (nSPS) is 20.5. The first-order valence-corrected chi connectivity index (χ1v) is 14.1. The Morgan fingerprint density at radius 3 is 2.48 bits per heavy atom. The van der Waals surface area contributed by atoms with E-state index in [1.807, 2.05) is 68.7 Å². The molecule has 1 fully saturated rings. The first-order valence-electron chi connectivity index (χ1n) is 14.1. The van der Waals surface area contributed by atoms with Crippen molar-refractivity contribution in [2.24, 2.45) is 0 Å². The van der Waals surface area contributed by atoms with Crippen LogP contribution in [0, 0.1) is 0 Å². The molecule has 2 N–H and O–H groups in total. The summed E-state index contributed by atoms with van der Waals surface area (Å²) in [4.78, 5) is 4.41. The van der Waals surface area contributed by atoms with E-state index >= 15 is 0 Å². The van der Waals surface area contributed by atoms with E-state index in [0.29, 0.717) is 26.3 Å². The maximum Gasteiger partial charge on any atom is 0.142 e. The van der Waals surface area contributed by atoms with Gasteiger partial charge in [-0.25, -0.2) is 0 Å². The van der Waals surface area contributed by atoms with Crippen LogP contribution in [0.5, 0.6) is 17.2 Å². The van der Waals surface area contributed by atoms with E-state index in [2.05, 4.69) is 27.2 Å². The minimum Gasteiger partial charge on any atom is -0.490 e. The fourth-order valence-electron chi connectivity index (χ4n) is 5.42. The highest BCUT2D eigenvalue weighted by Crippen LogP contribution is 2.35. The van der Waals surface area contributed by atoms with E-state index in [-0.39, 0.29) is 12.0 Å². The van der Waals surface area contributed by atoms with Crippen molar-refractivity contribution in [3.63, 3.8) is 0 Å². The van der Waals surface area contributed by atoms with Crippen molar-refractivity contribution in [2.45, 2.75) is 31.2 Å². The molecular formula is C32H41N3O5. The van der Waals surface area contributed by atoms with Crippen LogP contribution in [0.4, 0.5) is 11.4 Å². The van der Waals surface area contributed by atoms with Crippen molar-refractivity contribution in [3.8, 4) is 17.2 Å². The first-order chi connectivity index (χ1) is 19.5. The van der Waals surface area contributed by atoms with Gasteiger partial charge in [0.25, 0.3) is 0 Å². The third kappa shape index (κ3) is 6.88. The molecule has 0 amide bonds. The van der Waals surface area contributed by atoms with Crippen molar-refractivity contribution < 1.29 is 24.1 Å². The molecule has 0 aromatic heterocycles. The number of benzene rings is 3. The van der Waals surface area contributed by atoms with Gasteiger partial charge in [-0.3, -0.25) is 0 Å². The molecule has 3 atom stereocenters. The van der Waals surface area contributed by atoms with Gasteiger partial charge >= 0.3 is 0 Å². The van der Waals surface area contributed by atoms with E-state index in [0.717, 1.165) is 65.9 Å². The van der Waals surface area contributed by atoms with Crippen LogP contribution >= 0.6 is 0 Å². The number of rotatable bonds is 11. The molecule has 3 aromatic rings. The van der Waals surface area contributed by atoms with Gasteiger partial charge in [-0.1, -0.05) is 18.2 Å². The van der Waals surface area contributed by atoms with Crippen molar-refractivity contribution in [1.29, 1.82) is 0 Å². The van der Waals surface area contributed by atoms with Crippen molar-refractivity contribution >= 4 is 11.4 Å². The fraction of sp³-hybridized carbons (Fsp3) is 0.438. The number of anilines is 2. The Hall–Kier alpha value is -3.30. The Balaban J connectivity index is 1.24. The molecule has 8 heteroatoms. The van der Waals surface area contributed by atoms with E-state index in [1.54, 1.807) is 7.11 Å². The third-order valence-corrected chi connectivity index (χ3v) is 7.59. The number of piperidine rings is 1. The summed E-state index contributed by atoms with van der Waals surface area (Å²) < 4.78 is 23.6. The SMILES string of the molecule is COCCCN1CCOc2ccc(COC3CNCC(O)C3c3ccc(Oc4ccc(N(C)C)cc4)cc3)cc21. The predicted molar refractivity (Wildman–Crippen MR) is 158 cm³/mol. The van der Waals surface area contributed by atoms with Crippen LogP contribution in [-0.2, 0) is 16.1 Å². The van der Waals surface area contributed by atoms with Gasteiger partial charge in [0.2, 0.25) is 0 Å². The monoisotopic (exact) mass is 547 g/mol. The summed E-state index contributed by atoms with van der Waals surface area (Å²) in [5, 5.41) is 14.3. The zero-order chi connectivity index (χ0) is 27.9. The van der Waals surface area contributed by atoms with E-state index in [9.17, 15) is 5.11 Å². The van der Waals surface area contributed by atoms with Crippen LogP contribution in [0.1, 0.15) is 23.5 Å². The van der Waals surface area contributed by atoms with E-state index in [4.69, 9.17) is 18.9 Å². The Morgan fingerprint density at radius 2 is 1.75 bits per heavy atom. The number of β-amino-alcohol motifs (C(OH)–C–C–N with tert-alkyl or cyclic N) is 1. The molecule has 1 saturated heterocycles. The molecule has 8 nitrogen and oxygen atoms in total. The molecule has 0 spiro atoms. The maximum absolute atomic E-state index is 10.9. The van der Waals surface area contributed by atoms with E-state index < -0.39 is 6.10 Å². The zero-order valence-corrected chi connectivity index (χ0v) is 23.7. The lowest BCUT2D eigenvalue weighted by atomic mass is 9.85. The van der Waals surface area contributed by atoms with Gasteiger partial charge in [0, 0.05) is 59.1 Å². The molecule has 2 heterocycles. The number of ether oxygens (including phenoxy) is 4. The number of aliphatic hydroxyl groups excluding tert-OH is 1. The molecule has 2 aliphatic heterocycles. The highest BCUT2D eigenvalue weighted by atomic mass is 16.5. The number of fused-ring (bicyclic) bond motifs is 1. The summed E-state index contributed by atoms with van der Waals surface area (Å²) in [6, 6.07) is 22.3. The summed E-state index contributed by atoms with van der Waals surface area (Å²) in [6.45, 7) is 4.89. The highest BCUT2D eigenvalue weighted by Gasteiger charge is 2.34.